The minimum atomic E-state index is -1.24. The van der Waals surface area contributed by atoms with E-state index in [1.807, 2.05) is 40.3 Å². The molecule has 0 heterocycles. The molecule has 0 aliphatic heterocycles. The molecule has 9 heteroatoms. The number of hydrogen-bond donors (Lipinski definition) is 1. The standard InChI is InChI=1S/C30H37NO4.C28H35NO3/c1-18(32)30(35-19(2)33)15-14-27-25-12-8-21-16-23(34)11-13-24(21)28(25)26(17-29(27,30)3)20-6-9-22(10-7-20)31(4)5;1-17(30)28(32)14-13-25-23-11-7-19-15-21(31)10-12-22(19)26(23)24(16-27(25,28)2)18-5-8-20(9-6-18)29(3)4/h6-7,9-10,16,25-27H,8,11-15,17H2,1-5H3;5-6,8-9,15,23-25,32H,7,10-14,16H2,1-4H3/t25-,26+,27-,29-,30-;23-,24+,25-,27-,28-/m00/s1. The molecule has 8 aliphatic rings. The number of fused-ring (bicyclic) bond motifs is 8. The zero-order valence-corrected chi connectivity index (χ0v) is 41.4. The van der Waals surface area contributed by atoms with Gasteiger partial charge in [-0.25, -0.2) is 0 Å². The number of nitrogens with zero attached hydrogens (tertiary/aromatic N) is 2. The first-order valence-corrected chi connectivity index (χ1v) is 25.1. The van der Waals surface area contributed by atoms with Crippen LogP contribution in [0.1, 0.15) is 147 Å². The van der Waals surface area contributed by atoms with Crippen molar-refractivity contribution < 1.29 is 33.8 Å². The minimum absolute atomic E-state index is 0.0323. The number of esters is 1. The summed E-state index contributed by atoms with van der Waals surface area (Å²) in [7, 11) is 8.17. The number of benzene rings is 2. The van der Waals surface area contributed by atoms with Crippen molar-refractivity contribution in [2.75, 3.05) is 38.0 Å². The molecule has 8 aliphatic carbocycles. The van der Waals surface area contributed by atoms with Gasteiger partial charge < -0.3 is 19.6 Å². The third-order valence-corrected chi connectivity index (χ3v) is 18.8. The molecule has 0 spiro atoms. The second kappa shape index (κ2) is 17.3. The van der Waals surface area contributed by atoms with Gasteiger partial charge in [0.05, 0.1) is 0 Å². The average molecular weight is 909 g/mol. The number of ether oxygens (including phenoxy) is 1. The smallest absolute Gasteiger partial charge is 0.303 e. The van der Waals surface area contributed by atoms with E-state index in [4.69, 9.17) is 4.74 Å². The summed E-state index contributed by atoms with van der Waals surface area (Å²) in [5.41, 5.74) is 9.89. The van der Waals surface area contributed by atoms with Crippen LogP contribution in [0.4, 0.5) is 11.4 Å². The Labute approximate surface area is 398 Å². The Balaban J connectivity index is 0.000000169. The van der Waals surface area contributed by atoms with Crippen LogP contribution < -0.4 is 9.80 Å². The van der Waals surface area contributed by atoms with Gasteiger partial charge in [0.1, 0.15) is 5.60 Å². The van der Waals surface area contributed by atoms with Gasteiger partial charge in [0, 0.05) is 82.0 Å². The van der Waals surface area contributed by atoms with Crippen molar-refractivity contribution >= 4 is 40.5 Å². The molecule has 0 saturated heterocycles. The molecule has 2 aromatic carbocycles. The van der Waals surface area contributed by atoms with Gasteiger partial charge in [-0.05, 0) is 184 Å². The summed E-state index contributed by atoms with van der Waals surface area (Å²) in [6.45, 7) is 8.96. The number of Topliss-reactive ketones (excluding diaryl/α,β-unsaturated/α-hetero) is 2. The van der Waals surface area contributed by atoms with Gasteiger partial charge in [0.2, 0.25) is 0 Å². The molecule has 0 radical (unpaired) electrons. The molecule has 2 aromatic rings. The lowest BCUT2D eigenvalue weighted by molar-refractivity contribution is -0.182. The van der Waals surface area contributed by atoms with Gasteiger partial charge in [-0.3, -0.25) is 24.0 Å². The minimum Gasteiger partial charge on any atom is -0.451 e. The zero-order valence-electron chi connectivity index (χ0n) is 41.4. The molecule has 4 saturated carbocycles. The third-order valence-electron chi connectivity index (χ3n) is 18.8. The summed E-state index contributed by atoms with van der Waals surface area (Å²) < 4.78 is 6.00. The molecule has 10 rings (SSSR count). The van der Waals surface area contributed by atoms with E-state index in [9.17, 15) is 29.1 Å². The predicted octanol–water partition coefficient (Wildman–Crippen LogP) is 10.5. The molecule has 67 heavy (non-hydrogen) atoms. The van der Waals surface area contributed by atoms with Crippen molar-refractivity contribution in [1.82, 2.24) is 0 Å². The number of aliphatic hydroxyl groups is 1. The van der Waals surface area contributed by atoms with Gasteiger partial charge in [0.15, 0.2) is 28.7 Å². The second-order valence-corrected chi connectivity index (χ2v) is 22.4. The van der Waals surface area contributed by atoms with E-state index >= 15 is 0 Å². The Morgan fingerprint density at radius 2 is 1.01 bits per heavy atom. The van der Waals surface area contributed by atoms with E-state index in [1.54, 1.807) is 13.8 Å². The Kier molecular flexibility index (Phi) is 12.2. The number of anilines is 2. The van der Waals surface area contributed by atoms with E-state index in [-0.39, 0.29) is 46.9 Å². The molecule has 0 bridgehead atoms. The number of allylic oxidation sites excluding steroid dienone is 8. The predicted molar refractivity (Wildman–Crippen MR) is 263 cm³/mol. The first-order chi connectivity index (χ1) is 31.7. The summed E-state index contributed by atoms with van der Waals surface area (Å²) in [6.07, 6.45) is 14.9. The summed E-state index contributed by atoms with van der Waals surface area (Å²) >= 11 is 0. The number of ketones is 4. The molecular weight excluding hydrogens is 837 g/mol. The van der Waals surface area contributed by atoms with Gasteiger partial charge in [-0.2, -0.15) is 0 Å². The quantitative estimate of drug-likeness (QED) is 0.271. The first kappa shape index (κ1) is 47.2. The largest absolute Gasteiger partial charge is 0.451 e. The average Bonchev–Trinajstić information content (AvgIpc) is 3.75. The van der Waals surface area contributed by atoms with Crippen LogP contribution in [0.3, 0.4) is 0 Å². The molecule has 9 nitrogen and oxygen atoms in total. The van der Waals surface area contributed by atoms with Crippen LogP contribution >= 0.6 is 0 Å². The molecular formula is C58H72N2O7. The fourth-order valence-electron chi connectivity index (χ4n) is 15.6. The lowest BCUT2D eigenvalue weighted by atomic mass is 9.50. The molecule has 0 aromatic heterocycles. The van der Waals surface area contributed by atoms with Gasteiger partial charge in [-0.1, -0.05) is 49.3 Å². The van der Waals surface area contributed by atoms with Crippen LogP contribution in [-0.4, -0.2) is 73.6 Å². The van der Waals surface area contributed by atoms with Crippen LogP contribution in [0.2, 0.25) is 0 Å². The molecule has 0 amide bonds. The molecule has 10 atom stereocenters. The van der Waals surface area contributed by atoms with E-state index in [2.05, 4.69) is 72.2 Å². The SMILES string of the molecule is CC(=O)O[C@]1(C(C)=O)CC[C@H]2[C@@H]3CCC4=CC(=O)CCC4=C3[C@@H](c3ccc(N(C)C)cc3)C[C@@]21C.CC(=O)[C@@]1(O)CC[C@H]2[C@@H]3CCC4=CC(=O)CCC4=C3[C@@H](c3ccc(N(C)C)cc3)C[C@@]21C. The Hall–Kier alpha value is -4.89. The molecule has 356 valence electrons. The molecule has 1 N–H and O–H groups in total. The van der Waals surface area contributed by atoms with E-state index in [0.717, 1.165) is 75.6 Å². The molecule has 0 unspecified atom stereocenters. The fraction of sp³-hybridized carbons (Fsp3) is 0.569. The number of hydrogen-bond acceptors (Lipinski definition) is 9. The molecule has 4 fully saturated rings. The highest BCUT2D eigenvalue weighted by molar-refractivity contribution is 5.94. The third kappa shape index (κ3) is 7.56. The van der Waals surface area contributed by atoms with E-state index in [0.29, 0.717) is 43.4 Å². The van der Waals surface area contributed by atoms with Crippen molar-refractivity contribution in [2.24, 2.45) is 34.5 Å². The highest BCUT2D eigenvalue weighted by Crippen LogP contribution is 2.69. The van der Waals surface area contributed by atoms with Crippen molar-refractivity contribution in [3.63, 3.8) is 0 Å². The number of carbonyl (C=O) groups excluding carboxylic acids is 5. The van der Waals surface area contributed by atoms with Crippen molar-refractivity contribution in [2.45, 2.75) is 148 Å². The summed E-state index contributed by atoms with van der Waals surface area (Å²) in [4.78, 5) is 66.8. The van der Waals surface area contributed by atoms with Crippen molar-refractivity contribution in [3.8, 4) is 0 Å². The summed E-state index contributed by atoms with van der Waals surface area (Å²) in [5, 5.41) is 11.6. The van der Waals surface area contributed by atoms with Crippen LogP contribution in [0.25, 0.3) is 0 Å². The first-order valence-electron chi connectivity index (χ1n) is 25.1. The van der Waals surface area contributed by atoms with E-state index < -0.39 is 22.0 Å². The highest BCUT2D eigenvalue weighted by atomic mass is 16.6. The number of rotatable bonds is 7. The summed E-state index contributed by atoms with van der Waals surface area (Å²) in [6, 6.07) is 17.5. The highest BCUT2D eigenvalue weighted by Gasteiger charge is 2.68. The Bertz CT molecular complexity index is 2530. The normalized spacial score (nSPS) is 35.0. The number of carbonyl (C=O) groups is 5. The maximum Gasteiger partial charge on any atom is 0.303 e. The lowest BCUT2D eigenvalue weighted by Gasteiger charge is -2.55. The van der Waals surface area contributed by atoms with Crippen molar-refractivity contribution in [3.05, 3.63) is 105 Å². The Morgan fingerprint density at radius 1 is 0.582 bits per heavy atom. The topological polar surface area (TPSA) is 121 Å². The van der Waals surface area contributed by atoms with Crippen LogP contribution in [0.5, 0.6) is 0 Å². The Morgan fingerprint density at radius 3 is 1.43 bits per heavy atom. The summed E-state index contributed by atoms with van der Waals surface area (Å²) in [5.74, 6) is 1.62. The van der Waals surface area contributed by atoms with Crippen LogP contribution in [0, 0.1) is 34.5 Å². The zero-order chi connectivity index (χ0) is 48.0. The van der Waals surface area contributed by atoms with Crippen LogP contribution in [0.15, 0.2) is 94.1 Å². The van der Waals surface area contributed by atoms with Gasteiger partial charge in [0.25, 0.3) is 0 Å². The van der Waals surface area contributed by atoms with E-state index in [1.165, 1.54) is 51.5 Å². The maximum atomic E-state index is 13.2. The second-order valence-electron chi connectivity index (χ2n) is 22.4. The van der Waals surface area contributed by atoms with Gasteiger partial charge >= 0.3 is 5.97 Å². The van der Waals surface area contributed by atoms with Crippen LogP contribution in [-0.2, 0) is 28.7 Å². The van der Waals surface area contributed by atoms with Gasteiger partial charge in [-0.15, -0.1) is 0 Å². The fourth-order valence-corrected chi connectivity index (χ4v) is 15.6. The van der Waals surface area contributed by atoms with Crippen molar-refractivity contribution in [1.29, 1.82) is 0 Å². The maximum absolute atomic E-state index is 13.2. The monoisotopic (exact) mass is 909 g/mol. The lowest BCUT2D eigenvalue weighted by Crippen LogP contribution is -2.57.